The number of benzene rings is 2. The summed E-state index contributed by atoms with van der Waals surface area (Å²) in [5, 5.41) is 8.81. The van der Waals surface area contributed by atoms with Crippen LogP contribution in [-0.2, 0) is 17.4 Å². The number of hydrogen-bond acceptors (Lipinski definition) is 1. The summed E-state index contributed by atoms with van der Waals surface area (Å²) < 4.78 is 53.1. The number of hydrogen-bond donors (Lipinski definition) is 1. The van der Waals surface area contributed by atoms with E-state index in [-0.39, 0.29) is 16.7 Å². The van der Waals surface area contributed by atoms with Crippen LogP contribution < -0.4 is 0 Å². The molecule has 0 aliphatic carbocycles. The molecule has 2 rings (SSSR count). The molecule has 110 valence electrons. The van der Waals surface area contributed by atoms with E-state index < -0.39 is 29.9 Å². The summed E-state index contributed by atoms with van der Waals surface area (Å²) in [6, 6.07) is 8.10. The highest BCUT2D eigenvalue weighted by Gasteiger charge is 2.34. The molecular weight excluding hydrogens is 288 g/mol. The molecule has 0 saturated heterocycles. The van der Waals surface area contributed by atoms with Crippen LogP contribution in [-0.4, -0.2) is 11.1 Å². The summed E-state index contributed by atoms with van der Waals surface area (Å²) >= 11 is 0. The molecule has 0 bridgehead atoms. The monoisotopic (exact) mass is 298 g/mol. The van der Waals surface area contributed by atoms with Crippen molar-refractivity contribution in [2.24, 2.45) is 0 Å². The largest absolute Gasteiger partial charge is 0.481 e. The van der Waals surface area contributed by atoms with E-state index in [2.05, 4.69) is 0 Å². The van der Waals surface area contributed by atoms with Gasteiger partial charge in [0.25, 0.3) is 0 Å². The van der Waals surface area contributed by atoms with Crippen molar-refractivity contribution in [2.75, 3.05) is 0 Å². The lowest BCUT2D eigenvalue weighted by Gasteiger charge is -2.15. The van der Waals surface area contributed by atoms with Crippen LogP contribution in [0.3, 0.4) is 0 Å². The van der Waals surface area contributed by atoms with E-state index >= 15 is 0 Å². The molecule has 21 heavy (non-hydrogen) atoms. The summed E-state index contributed by atoms with van der Waals surface area (Å²) in [4.78, 5) is 10.8. The Morgan fingerprint density at radius 2 is 1.71 bits per heavy atom. The highest BCUT2D eigenvalue weighted by atomic mass is 19.4. The van der Waals surface area contributed by atoms with Crippen LogP contribution in [0.4, 0.5) is 17.6 Å². The summed E-state index contributed by atoms with van der Waals surface area (Å²) in [5.74, 6) is -2.13. The fourth-order valence-corrected chi connectivity index (χ4v) is 2.13. The maximum absolute atomic E-state index is 14.0. The second-order valence-electron chi connectivity index (χ2n) is 4.39. The second-order valence-corrected chi connectivity index (χ2v) is 4.39. The summed E-state index contributed by atoms with van der Waals surface area (Å²) in [5.41, 5.74) is -1.69. The zero-order valence-corrected chi connectivity index (χ0v) is 10.6. The van der Waals surface area contributed by atoms with Crippen LogP contribution in [0.15, 0.2) is 42.5 Å². The van der Waals surface area contributed by atoms with E-state index in [9.17, 15) is 22.4 Å². The summed E-state index contributed by atoms with van der Waals surface area (Å²) in [7, 11) is 0. The number of alkyl halides is 3. The van der Waals surface area contributed by atoms with Crippen LogP contribution in [0.2, 0.25) is 0 Å². The SMILES string of the molecule is O=C(O)Cc1cccc(F)c1-c1ccccc1C(F)(F)F. The van der Waals surface area contributed by atoms with E-state index in [1.807, 2.05) is 0 Å². The molecular formula is C15H10F4O2. The number of rotatable bonds is 3. The van der Waals surface area contributed by atoms with Crippen molar-refractivity contribution in [3.63, 3.8) is 0 Å². The normalized spacial score (nSPS) is 11.4. The molecule has 1 N–H and O–H groups in total. The Kier molecular flexibility index (Phi) is 3.97. The molecule has 0 atom stereocenters. The van der Waals surface area contributed by atoms with Gasteiger partial charge >= 0.3 is 12.1 Å². The molecule has 0 radical (unpaired) electrons. The first-order chi connectivity index (χ1) is 9.80. The van der Waals surface area contributed by atoms with Crippen molar-refractivity contribution in [2.45, 2.75) is 12.6 Å². The maximum Gasteiger partial charge on any atom is 0.417 e. The lowest BCUT2D eigenvalue weighted by molar-refractivity contribution is -0.137. The lowest BCUT2D eigenvalue weighted by atomic mass is 9.93. The van der Waals surface area contributed by atoms with Crippen molar-refractivity contribution in [1.82, 2.24) is 0 Å². The predicted molar refractivity (Wildman–Crippen MR) is 68.2 cm³/mol. The van der Waals surface area contributed by atoms with E-state index in [4.69, 9.17) is 5.11 Å². The Hall–Kier alpha value is -2.37. The fourth-order valence-electron chi connectivity index (χ4n) is 2.13. The predicted octanol–water partition coefficient (Wildman–Crippen LogP) is 4.14. The summed E-state index contributed by atoms with van der Waals surface area (Å²) in [6.07, 6.45) is -5.21. The molecule has 2 nitrogen and oxygen atoms in total. The summed E-state index contributed by atoms with van der Waals surface area (Å²) in [6.45, 7) is 0. The van der Waals surface area contributed by atoms with Gasteiger partial charge in [0.1, 0.15) is 5.82 Å². The Bertz CT molecular complexity index is 678. The Morgan fingerprint density at radius 1 is 1.05 bits per heavy atom. The molecule has 2 aromatic rings. The lowest BCUT2D eigenvalue weighted by Crippen LogP contribution is -2.09. The fraction of sp³-hybridized carbons (Fsp3) is 0.133. The van der Waals surface area contributed by atoms with Crippen molar-refractivity contribution in [3.8, 4) is 11.1 Å². The molecule has 0 fully saturated rings. The van der Waals surface area contributed by atoms with Gasteiger partial charge in [-0.25, -0.2) is 4.39 Å². The van der Waals surface area contributed by atoms with E-state index in [0.717, 1.165) is 18.2 Å². The maximum atomic E-state index is 14.0. The van der Waals surface area contributed by atoms with Crippen molar-refractivity contribution >= 4 is 5.97 Å². The number of carboxylic acid groups (broad SMARTS) is 1. The molecule has 0 saturated carbocycles. The standard InChI is InChI=1S/C15H10F4O2/c16-12-7-3-4-9(8-13(20)21)14(12)10-5-1-2-6-11(10)15(17,18)19/h1-7H,8H2,(H,20,21). The number of carboxylic acids is 1. The minimum atomic E-state index is -4.65. The van der Waals surface area contributed by atoms with Crippen molar-refractivity contribution in [1.29, 1.82) is 0 Å². The zero-order chi connectivity index (χ0) is 15.6. The molecule has 0 heterocycles. The van der Waals surface area contributed by atoms with Gasteiger partial charge in [0, 0.05) is 5.56 Å². The molecule has 0 aliphatic rings. The van der Waals surface area contributed by atoms with Crippen LogP contribution in [0.5, 0.6) is 0 Å². The first-order valence-electron chi connectivity index (χ1n) is 5.96. The van der Waals surface area contributed by atoms with Crippen LogP contribution in [0, 0.1) is 5.82 Å². The Labute approximate surface area is 117 Å². The van der Waals surface area contributed by atoms with Crippen molar-refractivity contribution in [3.05, 3.63) is 59.4 Å². The van der Waals surface area contributed by atoms with Crippen LogP contribution in [0.1, 0.15) is 11.1 Å². The third kappa shape index (κ3) is 3.21. The van der Waals surface area contributed by atoms with E-state index in [1.54, 1.807) is 0 Å². The molecule has 0 aromatic heterocycles. The average molecular weight is 298 g/mol. The first-order valence-corrected chi connectivity index (χ1v) is 5.96. The van der Waals surface area contributed by atoms with E-state index in [1.165, 1.54) is 24.3 Å². The van der Waals surface area contributed by atoms with Gasteiger partial charge in [0.05, 0.1) is 12.0 Å². The van der Waals surface area contributed by atoms with Gasteiger partial charge in [-0.2, -0.15) is 13.2 Å². The molecule has 0 aliphatic heterocycles. The minimum Gasteiger partial charge on any atom is -0.481 e. The molecule has 0 spiro atoms. The van der Waals surface area contributed by atoms with Gasteiger partial charge in [0.15, 0.2) is 0 Å². The number of aliphatic carboxylic acids is 1. The van der Waals surface area contributed by atoms with Gasteiger partial charge in [-0.15, -0.1) is 0 Å². The van der Waals surface area contributed by atoms with E-state index in [0.29, 0.717) is 0 Å². The minimum absolute atomic E-state index is 0.000741. The third-order valence-corrected chi connectivity index (χ3v) is 2.94. The highest BCUT2D eigenvalue weighted by molar-refractivity contribution is 5.78. The smallest absolute Gasteiger partial charge is 0.417 e. The van der Waals surface area contributed by atoms with Gasteiger partial charge in [-0.05, 0) is 23.3 Å². The molecule has 6 heteroatoms. The average Bonchev–Trinajstić information content (AvgIpc) is 2.37. The quantitative estimate of drug-likeness (QED) is 0.865. The Morgan fingerprint density at radius 3 is 2.33 bits per heavy atom. The molecule has 0 unspecified atom stereocenters. The van der Waals surface area contributed by atoms with Gasteiger partial charge in [0.2, 0.25) is 0 Å². The van der Waals surface area contributed by atoms with Gasteiger partial charge in [-0.1, -0.05) is 30.3 Å². The first kappa shape index (κ1) is 15.0. The van der Waals surface area contributed by atoms with Crippen LogP contribution >= 0.6 is 0 Å². The van der Waals surface area contributed by atoms with Gasteiger partial charge < -0.3 is 5.11 Å². The van der Waals surface area contributed by atoms with Gasteiger partial charge in [-0.3, -0.25) is 4.79 Å². The number of carbonyl (C=O) groups is 1. The topological polar surface area (TPSA) is 37.3 Å². The molecule has 2 aromatic carbocycles. The van der Waals surface area contributed by atoms with Crippen LogP contribution in [0.25, 0.3) is 11.1 Å². The third-order valence-electron chi connectivity index (χ3n) is 2.94. The molecule has 0 amide bonds. The number of halogens is 4. The highest BCUT2D eigenvalue weighted by Crippen LogP contribution is 2.39. The zero-order valence-electron chi connectivity index (χ0n) is 10.6. The van der Waals surface area contributed by atoms with Crippen molar-refractivity contribution < 1.29 is 27.5 Å². The Balaban J connectivity index is 2.70. The second kappa shape index (κ2) is 5.55.